The first-order valence-electron chi connectivity index (χ1n) is 10.5. The van der Waals surface area contributed by atoms with E-state index in [1.165, 1.54) is 0 Å². The number of carbonyl (C=O) groups is 1. The predicted octanol–water partition coefficient (Wildman–Crippen LogP) is 5.64. The van der Waals surface area contributed by atoms with Crippen molar-refractivity contribution in [2.75, 3.05) is 0 Å². The Bertz CT molecular complexity index is 1010. The molecule has 1 amide bonds. The van der Waals surface area contributed by atoms with Gasteiger partial charge in [-0.05, 0) is 64.8 Å². The van der Waals surface area contributed by atoms with Gasteiger partial charge in [-0.15, -0.1) is 0 Å². The molecular weight excluding hydrogens is 388 g/mol. The van der Waals surface area contributed by atoms with Gasteiger partial charge in [-0.25, -0.2) is 4.79 Å². The minimum Gasteiger partial charge on any atom is -0.444 e. The van der Waals surface area contributed by atoms with Crippen molar-refractivity contribution in [2.45, 2.75) is 65.8 Å². The highest BCUT2D eigenvalue weighted by Crippen LogP contribution is 2.26. The van der Waals surface area contributed by atoms with Crippen molar-refractivity contribution in [2.24, 2.45) is 0 Å². The second kappa shape index (κ2) is 8.92. The third-order valence-electron chi connectivity index (χ3n) is 4.61. The minimum absolute atomic E-state index is 0.148. The Hall–Kier alpha value is -3.15. The molecule has 3 rings (SSSR count). The van der Waals surface area contributed by atoms with Crippen LogP contribution in [-0.2, 0) is 23.4 Å². The smallest absolute Gasteiger partial charge is 0.410 e. The number of hydrogen-bond donors (Lipinski definition) is 0. The Morgan fingerprint density at radius 3 is 2.29 bits per heavy atom. The van der Waals surface area contributed by atoms with Crippen LogP contribution in [0.3, 0.4) is 0 Å². The number of pyridine rings is 1. The zero-order valence-corrected chi connectivity index (χ0v) is 19.3. The first-order valence-corrected chi connectivity index (χ1v) is 10.5. The summed E-state index contributed by atoms with van der Waals surface area (Å²) >= 11 is 0. The molecule has 0 bridgehead atoms. The molecule has 1 aromatic carbocycles. The van der Waals surface area contributed by atoms with Gasteiger partial charge in [0.25, 0.3) is 0 Å². The second-order valence-electron chi connectivity index (χ2n) is 9.70. The molecule has 31 heavy (non-hydrogen) atoms. The highest BCUT2D eigenvalue weighted by atomic mass is 16.6. The van der Waals surface area contributed by atoms with Crippen LogP contribution in [0.5, 0.6) is 0 Å². The number of benzene rings is 1. The van der Waals surface area contributed by atoms with Crippen LogP contribution in [-0.4, -0.2) is 31.4 Å². The molecule has 2 aromatic heterocycles. The van der Waals surface area contributed by atoms with E-state index in [-0.39, 0.29) is 11.6 Å². The zero-order valence-electron chi connectivity index (χ0n) is 19.3. The number of rotatable bonds is 5. The molecule has 0 aliphatic rings. The van der Waals surface area contributed by atoms with E-state index in [0.717, 1.165) is 22.4 Å². The lowest BCUT2D eigenvalue weighted by molar-refractivity contribution is 0.0216. The van der Waals surface area contributed by atoms with Crippen molar-refractivity contribution in [3.8, 4) is 11.3 Å². The molecule has 6 nitrogen and oxygen atoms in total. The highest BCUT2D eigenvalue weighted by Gasteiger charge is 2.23. The van der Waals surface area contributed by atoms with Gasteiger partial charge in [0.2, 0.25) is 0 Å². The highest BCUT2D eigenvalue weighted by molar-refractivity contribution is 5.68. The van der Waals surface area contributed by atoms with Gasteiger partial charge in [0.15, 0.2) is 0 Å². The van der Waals surface area contributed by atoms with E-state index in [9.17, 15) is 4.79 Å². The molecule has 0 saturated heterocycles. The minimum atomic E-state index is -0.564. The molecule has 0 atom stereocenters. The van der Waals surface area contributed by atoms with Crippen LogP contribution in [0, 0.1) is 0 Å². The summed E-state index contributed by atoms with van der Waals surface area (Å²) in [6.45, 7) is 12.8. The van der Waals surface area contributed by atoms with Crippen LogP contribution >= 0.6 is 0 Å². The van der Waals surface area contributed by atoms with E-state index in [4.69, 9.17) is 4.74 Å². The Morgan fingerprint density at radius 1 is 0.968 bits per heavy atom. The molecule has 3 aromatic rings. The predicted molar refractivity (Wildman–Crippen MR) is 122 cm³/mol. The van der Waals surface area contributed by atoms with Crippen LogP contribution in [0.15, 0.2) is 61.1 Å². The maximum absolute atomic E-state index is 12.9. The van der Waals surface area contributed by atoms with Crippen LogP contribution in [0.25, 0.3) is 11.3 Å². The van der Waals surface area contributed by atoms with Gasteiger partial charge in [-0.3, -0.25) is 14.6 Å². The topological polar surface area (TPSA) is 60.2 Å². The Kier molecular flexibility index (Phi) is 6.48. The maximum Gasteiger partial charge on any atom is 0.410 e. The van der Waals surface area contributed by atoms with Gasteiger partial charge < -0.3 is 4.74 Å². The molecule has 164 valence electrons. The number of aromatic nitrogens is 3. The fourth-order valence-electron chi connectivity index (χ4n) is 3.31. The largest absolute Gasteiger partial charge is 0.444 e. The van der Waals surface area contributed by atoms with E-state index in [1.807, 2.05) is 68.0 Å². The van der Waals surface area contributed by atoms with Crippen LogP contribution < -0.4 is 0 Å². The lowest BCUT2D eigenvalue weighted by Gasteiger charge is -2.28. The quantitative estimate of drug-likeness (QED) is 0.536. The van der Waals surface area contributed by atoms with Crippen molar-refractivity contribution in [3.05, 3.63) is 72.2 Å². The summed E-state index contributed by atoms with van der Waals surface area (Å²) in [6.07, 6.45) is 5.08. The van der Waals surface area contributed by atoms with Crippen LogP contribution in [0.4, 0.5) is 4.79 Å². The van der Waals surface area contributed by atoms with Crippen molar-refractivity contribution in [3.63, 3.8) is 0 Å². The van der Waals surface area contributed by atoms with Crippen LogP contribution in [0.1, 0.15) is 52.7 Å². The summed E-state index contributed by atoms with van der Waals surface area (Å²) < 4.78 is 7.65. The number of amides is 1. The fraction of sp³-hybridized carbons (Fsp3) is 0.400. The number of hydrogen-bond acceptors (Lipinski definition) is 4. The van der Waals surface area contributed by atoms with E-state index in [1.54, 1.807) is 17.3 Å². The average molecular weight is 421 g/mol. The lowest BCUT2D eigenvalue weighted by atomic mass is 10.1. The first kappa shape index (κ1) is 22.5. The van der Waals surface area contributed by atoms with Crippen molar-refractivity contribution >= 4 is 6.09 Å². The van der Waals surface area contributed by atoms with E-state index >= 15 is 0 Å². The summed E-state index contributed by atoms with van der Waals surface area (Å²) in [4.78, 5) is 19.1. The molecule has 6 heteroatoms. The third kappa shape index (κ3) is 6.17. The van der Waals surface area contributed by atoms with Gasteiger partial charge in [0.05, 0.1) is 17.8 Å². The SMILES string of the molecule is CC(C)(C)OC(=O)N(Cc1ccccc1)Cc1cncc(-c2ccnn2C(C)(C)C)c1. The summed E-state index contributed by atoms with van der Waals surface area (Å²) in [6, 6.07) is 14.0. The summed E-state index contributed by atoms with van der Waals surface area (Å²) in [5, 5.41) is 4.48. The number of ether oxygens (including phenoxy) is 1. The van der Waals surface area contributed by atoms with Gasteiger partial charge >= 0.3 is 6.09 Å². The molecule has 0 fully saturated rings. The normalized spacial score (nSPS) is 11.9. The van der Waals surface area contributed by atoms with Crippen molar-refractivity contribution < 1.29 is 9.53 Å². The Balaban J connectivity index is 1.88. The second-order valence-corrected chi connectivity index (χ2v) is 9.70. The van der Waals surface area contributed by atoms with Crippen LogP contribution in [0.2, 0.25) is 0 Å². The number of carbonyl (C=O) groups excluding carboxylic acids is 1. The van der Waals surface area contributed by atoms with Crippen molar-refractivity contribution in [1.82, 2.24) is 19.7 Å². The number of nitrogens with zero attached hydrogens (tertiary/aromatic N) is 4. The molecule has 0 N–H and O–H groups in total. The Labute approximate surface area is 184 Å². The van der Waals surface area contributed by atoms with E-state index in [2.05, 4.69) is 36.9 Å². The monoisotopic (exact) mass is 420 g/mol. The van der Waals surface area contributed by atoms with Crippen molar-refractivity contribution in [1.29, 1.82) is 0 Å². The average Bonchev–Trinajstić information content (AvgIpc) is 3.18. The summed E-state index contributed by atoms with van der Waals surface area (Å²) in [5.74, 6) is 0. The molecule has 0 saturated carbocycles. The molecule has 2 heterocycles. The molecule has 0 spiro atoms. The molecule has 0 aliphatic carbocycles. The molecule has 0 unspecified atom stereocenters. The summed E-state index contributed by atoms with van der Waals surface area (Å²) in [5.41, 5.74) is 3.22. The Morgan fingerprint density at radius 2 is 1.65 bits per heavy atom. The fourth-order valence-corrected chi connectivity index (χ4v) is 3.31. The summed E-state index contributed by atoms with van der Waals surface area (Å²) in [7, 11) is 0. The first-order chi connectivity index (χ1) is 14.5. The maximum atomic E-state index is 12.9. The van der Waals surface area contributed by atoms with E-state index in [0.29, 0.717) is 13.1 Å². The van der Waals surface area contributed by atoms with Gasteiger partial charge in [-0.1, -0.05) is 30.3 Å². The van der Waals surface area contributed by atoms with Gasteiger partial charge in [-0.2, -0.15) is 5.10 Å². The molecule has 0 radical (unpaired) electrons. The van der Waals surface area contributed by atoms with E-state index < -0.39 is 5.60 Å². The van der Waals surface area contributed by atoms with Gasteiger partial charge in [0.1, 0.15) is 5.60 Å². The molecule has 0 aliphatic heterocycles. The standard InChI is InChI=1S/C25H32N4O2/c1-24(2,3)29-22(12-13-27-29)21-14-20(15-26-16-21)18-28(23(30)31-25(4,5)6)17-19-10-8-7-9-11-19/h7-16H,17-18H2,1-6H3. The third-order valence-corrected chi connectivity index (χ3v) is 4.61. The van der Waals surface area contributed by atoms with Gasteiger partial charge in [0, 0.05) is 30.7 Å². The lowest BCUT2D eigenvalue weighted by Crippen LogP contribution is -2.36. The zero-order chi connectivity index (χ0) is 22.6. The molecular formula is C25H32N4O2.